The second-order valence-electron chi connectivity index (χ2n) is 4.81. The molecule has 17 heavy (non-hydrogen) atoms. The predicted octanol–water partition coefficient (Wildman–Crippen LogP) is 2.95. The Bertz CT molecular complexity index is 441. The molecule has 0 amide bonds. The van der Waals surface area contributed by atoms with Crippen molar-refractivity contribution in [1.82, 2.24) is 0 Å². The zero-order chi connectivity index (χ0) is 11.9. The number of benzene rings is 1. The molecule has 1 aliphatic heterocycles. The van der Waals surface area contributed by atoms with E-state index in [4.69, 9.17) is 15.2 Å². The van der Waals surface area contributed by atoms with Gasteiger partial charge in [0.2, 0.25) is 0 Å². The molecule has 0 atom stereocenters. The average molecular weight is 298 g/mol. The predicted molar refractivity (Wildman–Crippen MR) is 69.5 cm³/mol. The number of fused-ring (bicyclic) bond motifs is 1. The molecule has 0 aromatic heterocycles. The summed E-state index contributed by atoms with van der Waals surface area (Å²) in [7, 11) is 0. The smallest absolute Gasteiger partial charge is 0.175 e. The molecule has 1 saturated carbocycles. The van der Waals surface area contributed by atoms with Gasteiger partial charge in [0, 0.05) is 5.54 Å². The molecule has 1 aromatic carbocycles. The SMILES string of the molecule is NC1(c2ccc3c(c2Br)OCCO3)CCCC1. The average Bonchev–Trinajstić information content (AvgIpc) is 2.78. The van der Waals surface area contributed by atoms with Crippen molar-refractivity contribution >= 4 is 15.9 Å². The molecule has 2 aliphatic rings. The summed E-state index contributed by atoms with van der Waals surface area (Å²) >= 11 is 3.63. The fraction of sp³-hybridized carbons (Fsp3) is 0.538. The Morgan fingerprint density at radius 2 is 1.82 bits per heavy atom. The minimum Gasteiger partial charge on any atom is -0.486 e. The lowest BCUT2D eigenvalue weighted by Crippen LogP contribution is -2.33. The molecule has 3 nitrogen and oxygen atoms in total. The Kier molecular flexibility index (Phi) is 2.79. The van der Waals surface area contributed by atoms with Gasteiger partial charge in [-0.05, 0) is 40.4 Å². The number of rotatable bonds is 1. The zero-order valence-electron chi connectivity index (χ0n) is 9.67. The van der Waals surface area contributed by atoms with Crippen molar-refractivity contribution in [1.29, 1.82) is 0 Å². The fourth-order valence-corrected chi connectivity index (χ4v) is 3.58. The second-order valence-corrected chi connectivity index (χ2v) is 5.61. The van der Waals surface area contributed by atoms with Gasteiger partial charge >= 0.3 is 0 Å². The molecule has 0 radical (unpaired) electrons. The Morgan fingerprint density at radius 1 is 1.12 bits per heavy atom. The van der Waals surface area contributed by atoms with Crippen LogP contribution in [0.15, 0.2) is 16.6 Å². The molecule has 2 N–H and O–H groups in total. The standard InChI is InChI=1S/C13H16BrNO2/c14-11-9(13(15)5-1-2-6-13)3-4-10-12(11)17-8-7-16-10/h3-4H,1-2,5-8,15H2. The maximum Gasteiger partial charge on any atom is 0.175 e. The van der Waals surface area contributed by atoms with Gasteiger partial charge in [0.15, 0.2) is 11.5 Å². The number of hydrogen-bond donors (Lipinski definition) is 1. The molecule has 1 aromatic rings. The van der Waals surface area contributed by atoms with E-state index in [2.05, 4.69) is 22.0 Å². The number of nitrogens with two attached hydrogens (primary N) is 1. The summed E-state index contributed by atoms with van der Waals surface area (Å²) in [6.07, 6.45) is 4.51. The summed E-state index contributed by atoms with van der Waals surface area (Å²) in [5, 5.41) is 0. The summed E-state index contributed by atoms with van der Waals surface area (Å²) < 4.78 is 12.2. The van der Waals surface area contributed by atoms with E-state index in [9.17, 15) is 0 Å². The van der Waals surface area contributed by atoms with E-state index < -0.39 is 0 Å². The van der Waals surface area contributed by atoms with Crippen LogP contribution in [-0.2, 0) is 5.54 Å². The second kappa shape index (κ2) is 4.18. The molecule has 4 heteroatoms. The van der Waals surface area contributed by atoms with E-state index in [0.717, 1.165) is 34.4 Å². The highest BCUT2D eigenvalue weighted by Crippen LogP contribution is 2.46. The van der Waals surface area contributed by atoms with Gasteiger partial charge in [-0.2, -0.15) is 0 Å². The quantitative estimate of drug-likeness (QED) is 0.867. The topological polar surface area (TPSA) is 44.5 Å². The third-order valence-electron chi connectivity index (χ3n) is 3.68. The molecular formula is C13H16BrNO2. The van der Waals surface area contributed by atoms with Gasteiger partial charge in [0.25, 0.3) is 0 Å². The summed E-state index contributed by atoms with van der Waals surface area (Å²) in [5.74, 6) is 1.62. The first kappa shape index (κ1) is 11.4. The monoisotopic (exact) mass is 297 g/mol. The van der Waals surface area contributed by atoms with E-state index in [0.29, 0.717) is 13.2 Å². The third kappa shape index (κ3) is 1.83. The Hall–Kier alpha value is -0.740. The lowest BCUT2D eigenvalue weighted by molar-refractivity contribution is 0.169. The van der Waals surface area contributed by atoms with Crippen LogP contribution in [0.3, 0.4) is 0 Å². The van der Waals surface area contributed by atoms with Crippen LogP contribution in [0.4, 0.5) is 0 Å². The lowest BCUT2D eigenvalue weighted by atomic mass is 9.89. The summed E-state index contributed by atoms with van der Waals surface area (Å²) in [5.41, 5.74) is 7.44. The minimum atomic E-state index is -0.200. The van der Waals surface area contributed by atoms with Crippen LogP contribution in [0.25, 0.3) is 0 Å². The highest BCUT2D eigenvalue weighted by Gasteiger charge is 2.34. The Labute approximate surface area is 109 Å². The van der Waals surface area contributed by atoms with Crippen molar-refractivity contribution in [2.75, 3.05) is 13.2 Å². The summed E-state index contributed by atoms with van der Waals surface area (Å²) in [4.78, 5) is 0. The summed E-state index contributed by atoms with van der Waals surface area (Å²) in [6, 6.07) is 4.05. The molecule has 1 aliphatic carbocycles. The van der Waals surface area contributed by atoms with Crippen molar-refractivity contribution in [2.24, 2.45) is 5.73 Å². The van der Waals surface area contributed by atoms with Gasteiger partial charge in [0.1, 0.15) is 13.2 Å². The van der Waals surface area contributed by atoms with Gasteiger partial charge in [0.05, 0.1) is 4.47 Å². The van der Waals surface area contributed by atoms with Crippen LogP contribution in [0.2, 0.25) is 0 Å². The largest absolute Gasteiger partial charge is 0.486 e. The highest BCUT2D eigenvalue weighted by molar-refractivity contribution is 9.10. The molecular weight excluding hydrogens is 282 g/mol. The van der Waals surface area contributed by atoms with E-state index in [-0.39, 0.29) is 5.54 Å². The Balaban J connectivity index is 2.06. The maximum atomic E-state index is 6.49. The number of halogens is 1. The first-order valence-electron chi connectivity index (χ1n) is 6.08. The van der Waals surface area contributed by atoms with Crippen molar-refractivity contribution < 1.29 is 9.47 Å². The van der Waals surface area contributed by atoms with Crippen molar-refractivity contribution in [3.8, 4) is 11.5 Å². The van der Waals surface area contributed by atoms with Gasteiger partial charge in [-0.25, -0.2) is 0 Å². The number of ether oxygens (including phenoxy) is 2. The molecule has 0 unspecified atom stereocenters. The molecule has 0 spiro atoms. The normalized spacial score (nSPS) is 21.5. The van der Waals surface area contributed by atoms with E-state index in [1.807, 2.05) is 6.07 Å². The molecule has 0 bridgehead atoms. The third-order valence-corrected chi connectivity index (χ3v) is 4.47. The summed E-state index contributed by atoms with van der Waals surface area (Å²) in [6.45, 7) is 1.22. The highest BCUT2D eigenvalue weighted by atomic mass is 79.9. The van der Waals surface area contributed by atoms with Crippen molar-refractivity contribution in [3.63, 3.8) is 0 Å². The molecule has 1 heterocycles. The van der Waals surface area contributed by atoms with E-state index >= 15 is 0 Å². The number of hydrogen-bond acceptors (Lipinski definition) is 3. The van der Waals surface area contributed by atoms with Crippen LogP contribution >= 0.6 is 15.9 Å². The van der Waals surface area contributed by atoms with Crippen LogP contribution in [-0.4, -0.2) is 13.2 Å². The van der Waals surface area contributed by atoms with Crippen LogP contribution in [0.5, 0.6) is 11.5 Å². The molecule has 92 valence electrons. The van der Waals surface area contributed by atoms with E-state index in [1.54, 1.807) is 0 Å². The van der Waals surface area contributed by atoms with Gasteiger partial charge in [-0.15, -0.1) is 0 Å². The molecule has 1 fully saturated rings. The fourth-order valence-electron chi connectivity index (χ4n) is 2.74. The van der Waals surface area contributed by atoms with Crippen LogP contribution < -0.4 is 15.2 Å². The van der Waals surface area contributed by atoms with Crippen LogP contribution in [0.1, 0.15) is 31.2 Å². The Morgan fingerprint density at radius 3 is 2.59 bits per heavy atom. The first-order valence-corrected chi connectivity index (χ1v) is 6.87. The molecule has 3 rings (SSSR count). The van der Waals surface area contributed by atoms with Crippen molar-refractivity contribution in [2.45, 2.75) is 31.2 Å². The van der Waals surface area contributed by atoms with Gasteiger partial charge in [-0.1, -0.05) is 18.9 Å². The van der Waals surface area contributed by atoms with Crippen molar-refractivity contribution in [3.05, 3.63) is 22.2 Å². The minimum absolute atomic E-state index is 0.200. The molecule has 0 saturated heterocycles. The van der Waals surface area contributed by atoms with E-state index in [1.165, 1.54) is 12.8 Å². The maximum absolute atomic E-state index is 6.49. The van der Waals surface area contributed by atoms with Gasteiger partial charge in [-0.3, -0.25) is 0 Å². The zero-order valence-corrected chi connectivity index (χ0v) is 11.3. The lowest BCUT2D eigenvalue weighted by Gasteiger charge is -2.28. The van der Waals surface area contributed by atoms with Crippen LogP contribution in [0, 0.1) is 0 Å². The first-order chi connectivity index (χ1) is 8.21. The van der Waals surface area contributed by atoms with Gasteiger partial charge < -0.3 is 15.2 Å².